The molecule has 19 heavy (non-hydrogen) atoms. The minimum Gasteiger partial charge on any atom is -0.279 e. The van der Waals surface area contributed by atoms with Crippen LogP contribution in [0.25, 0.3) is 17.0 Å². The van der Waals surface area contributed by atoms with E-state index in [1.165, 1.54) is 16.8 Å². The normalized spacial score (nSPS) is 11.1. The maximum atomic E-state index is 10.7. The standard InChI is InChI=1S/C11H8ClN5O2/c1-6-9(12)11-13-10(15-16(11)14-6)7-3-2-4-8(5-7)17(18)19/h2-5,14H,1H3. The van der Waals surface area contributed by atoms with E-state index in [0.717, 1.165) is 5.69 Å². The molecule has 3 aromatic rings. The zero-order valence-corrected chi connectivity index (χ0v) is 10.5. The number of aromatic amines is 1. The van der Waals surface area contributed by atoms with E-state index in [0.29, 0.717) is 22.1 Å². The highest BCUT2D eigenvalue weighted by molar-refractivity contribution is 6.34. The summed E-state index contributed by atoms with van der Waals surface area (Å²) < 4.78 is 1.45. The molecule has 0 amide bonds. The van der Waals surface area contributed by atoms with Crippen LogP contribution in [0.2, 0.25) is 5.02 Å². The van der Waals surface area contributed by atoms with Gasteiger partial charge in [0, 0.05) is 17.7 Å². The van der Waals surface area contributed by atoms with Crippen LogP contribution in [-0.2, 0) is 0 Å². The van der Waals surface area contributed by atoms with Gasteiger partial charge in [0.15, 0.2) is 11.5 Å². The summed E-state index contributed by atoms with van der Waals surface area (Å²) in [5.74, 6) is 0.386. The van der Waals surface area contributed by atoms with E-state index < -0.39 is 4.92 Å². The zero-order valence-electron chi connectivity index (χ0n) is 9.79. The van der Waals surface area contributed by atoms with Gasteiger partial charge in [0.05, 0.1) is 10.6 Å². The molecule has 3 rings (SSSR count). The van der Waals surface area contributed by atoms with Crippen molar-refractivity contribution in [2.75, 3.05) is 0 Å². The Hall–Kier alpha value is -2.41. The van der Waals surface area contributed by atoms with Gasteiger partial charge in [0.1, 0.15) is 5.02 Å². The van der Waals surface area contributed by atoms with Crippen molar-refractivity contribution in [3.05, 3.63) is 45.1 Å². The van der Waals surface area contributed by atoms with Crippen LogP contribution in [0.1, 0.15) is 5.69 Å². The summed E-state index contributed by atoms with van der Waals surface area (Å²) in [7, 11) is 0. The molecular formula is C11H8ClN5O2. The van der Waals surface area contributed by atoms with E-state index in [-0.39, 0.29) is 5.69 Å². The molecular weight excluding hydrogens is 270 g/mol. The molecule has 0 fully saturated rings. The number of rotatable bonds is 2. The van der Waals surface area contributed by atoms with Gasteiger partial charge in [-0.2, -0.15) is 4.63 Å². The number of nitrogens with one attached hydrogen (secondary N) is 1. The highest BCUT2D eigenvalue weighted by Gasteiger charge is 2.15. The Labute approximate surface area is 112 Å². The number of benzene rings is 1. The molecule has 2 aromatic heterocycles. The van der Waals surface area contributed by atoms with Crippen molar-refractivity contribution in [1.82, 2.24) is 19.8 Å². The summed E-state index contributed by atoms with van der Waals surface area (Å²) in [5.41, 5.74) is 1.83. The Balaban J connectivity index is 2.13. The molecule has 0 bridgehead atoms. The third kappa shape index (κ3) is 1.84. The predicted molar refractivity (Wildman–Crippen MR) is 69.2 cm³/mol. The number of hydrogen-bond acceptors (Lipinski definition) is 4. The van der Waals surface area contributed by atoms with E-state index in [9.17, 15) is 10.1 Å². The average Bonchev–Trinajstić information content (AvgIpc) is 2.91. The lowest BCUT2D eigenvalue weighted by atomic mass is 10.2. The summed E-state index contributed by atoms with van der Waals surface area (Å²) in [6.45, 7) is 1.81. The van der Waals surface area contributed by atoms with Crippen molar-refractivity contribution in [2.45, 2.75) is 6.92 Å². The maximum absolute atomic E-state index is 10.7. The first kappa shape index (κ1) is 11.7. The molecule has 0 saturated heterocycles. The monoisotopic (exact) mass is 277 g/mol. The fourth-order valence-electron chi connectivity index (χ4n) is 1.79. The van der Waals surface area contributed by atoms with Gasteiger partial charge in [-0.1, -0.05) is 23.7 Å². The Bertz CT molecular complexity index is 792. The van der Waals surface area contributed by atoms with Gasteiger partial charge in [-0.3, -0.25) is 15.2 Å². The number of nitrogens with zero attached hydrogens (tertiary/aromatic N) is 4. The van der Waals surface area contributed by atoms with Crippen LogP contribution in [-0.4, -0.2) is 24.7 Å². The Morgan fingerprint density at radius 3 is 2.95 bits per heavy atom. The van der Waals surface area contributed by atoms with Gasteiger partial charge in [-0.25, -0.2) is 4.98 Å². The summed E-state index contributed by atoms with van der Waals surface area (Å²) in [5, 5.41) is 18.4. The van der Waals surface area contributed by atoms with Crippen LogP contribution in [0.3, 0.4) is 0 Å². The largest absolute Gasteiger partial charge is 0.279 e. The number of hydrogen-bond donors (Lipinski definition) is 1. The minimum atomic E-state index is -0.456. The van der Waals surface area contributed by atoms with Crippen molar-refractivity contribution in [2.24, 2.45) is 0 Å². The second-order valence-corrected chi connectivity index (χ2v) is 4.41. The van der Waals surface area contributed by atoms with Crippen LogP contribution in [0.15, 0.2) is 24.3 Å². The smallest absolute Gasteiger partial charge is 0.270 e. The number of aromatic nitrogens is 4. The van der Waals surface area contributed by atoms with Crippen LogP contribution >= 0.6 is 11.6 Å². The molecule has 0 aliphatic rings. The van der Waals surface area contributed by atoms with Gasteiger partial charge in [0.25, 0.3) is 5.69 Å². The van der Waals surface area contributed by atoms with Crippen LogP contribution < -0.4 is 0 Å². The second kappa shape index (κ2) is 4.06. The molecule has 1 aromatic carbocycles. The first-order valence-electron chi connectivity index (χ1n) is 5.42. The van der Waals surface area contributed by atoms with Crippen molar-refractivity contribution >= 4 is 22.9 Å². The maximum Gasteiger partial charge on any atom is 0.270 e. The van der Waals surface area contributed by atoms with Crippen molar-refractivity contribution in [3.8, 4) is 11.4 Å². The third-order valence-electron chi connectivity index (χ3n) is 2.72. The van der Waals surface area contributed by atoms with Crippen LogP contribution in [0, 0.1) is 17.0 Å². The van der Waals surface area contributed by atoms with Gasteiger partial charge >= 0.3 is 0 Å². The predicted octanol–water partition coefficient (Wildman–Crippen LogP) is 2.59. The van der Waals surface area contributed by atoms with Gasteiger partial charge in [0.2, 0.25) is 0 Å². The van der Waals surface area contributed by atoms with E-state index in [4.69, 9.17) is 11.6 Å². The minimum absolute atomic E-state index is 0.00163. The number of nitro benzene ring substituents is 1. The lowest BCUT2D eigenvalue weighted by molar-refractivity contribution is -0.384. The third-order valence-corrected chi connectivity index (χ3v) is 3.17. The Morgan fingerprint density at radius 1 is 1.47 bits per heavy atom. The summed E-state index contributed by atoms with van der Waals surface area (Å²) in [4.78, 5) is 14.6. The molecule has 0 radical (unpaired) electrons. The number of non-ortho nitro benzene ring substituents is 1. The Morgan fingerprint density at radius 2 is 2.26 bits per heavy atom. The molecule has 7 nitrogen and oxygen atoms in total. The van der Waals surface area contributed by atoms with E-state index in [1.54, 1.807) is 12.1 Å². The fraction of sp³-hybridized carbons (Fsp3) is 0.0909. The first-order valence-corrected chi connectivity index (χ1v) is 5.80. The quantitative estimate of drug-likeness (QED) is 0.576. The van der Waals surface area contributed by atoms with Crippen molar-refractivity contribution in [3.63, 3.8) is 0 Å². The number of halogens is 1. The lowest BCUT2D eigenvalue weighted by Crippen LogP contribution is -1.90. The molecule has 0 atom stereocenters. The molecule has 2 heterocycles. The molecule has 1 N–H and O–H groups in total. The van der Waals surface area contributed by atoms with E-state index in [1.807, 2.05) is 6.92 Å². The molecule has 0 aliphatic heterocycles. The molecule has 0 aliphatic carbocycles. The molecule has 0 spiro atoms. The second-order valence-electron chi connectivity index (χ2n) is 4.03. The summed E-state index contributed by atoms with van der Waals surface area (Å²) in [6, 6.07) is 6.15. The highest BCUT2D eigenvalue weighted by atomic mass is 35.5. The lowest BCUT2D eigenvalue weighted by Gasteiger charge is -1.95. The zero-order chi connectivity index (χ0) is 13.6. The first-order chi connectivity index (χ1) is 9.06. The van der Waals surface area contributed by atoms with Gasteiger partial charge in [-0.05, 0) is 6.92 Å². The molecule has 96 valence electrons. The van der Waals surface area contributed by atoms with Crippen LogP contribution in [0.5, 0.6) is 0 Å². The number of nitro groups is 1. The highest BCUT2D eigenvalue weighted by Crippen LogP contribution is 2.25. The van der Waals surface area contributed by atoms with Gasteiger partial charge < -0.3 is 0 Å². The fourth-order valence-corrected chi connectivity index (χ4v) is 1.95. The van der Waals surface area contributed by atoms with E-state index in [2.05, 4.69) is 15.2 Å². The molecule has 0 unspecified atom stereocenters. The topological polar surface area (TPSA) is 89.1 Å². The Kier molecular flexibility index (Phi) is 2.49. The summed E-state index contributed by atoms with van der Waals surface area (Å²) in [6.07, 6.45) is 0. The van der Waals surface area contributed by atoms with Crippen molar-refractivity contribution < 1.29 is 4.92 Å². The van der Waals surface area contributed by atoms with Crippen molar-refractivity contribution in [1.29, 1.82) is 0 Å². The number of H-pyrrole nitrogens is 1. The number of aryl methyl sites for hydroxylation is 1. The summed E-state index contributed by atoms with van der Waals surface area (Å²) >= 11 is 6.06. The number of fused-ring (bicyclic) bond motifs is 1. The molecule has 8 heteroatoms. The average molecular weight is 278 g/mol. The van der Waals surface area contributed by atoms with Gasteiger partial charge in [-0.15, -0.1) is 5.10 Å². The molecule has 0 saturated carbocycles. The van der Waals surface area contributed by atoms with Crippen LogP contribution in [0.4, 0.5) is 5.69 Å². The SMILES string of the molecule is Cc1[nH]n2nc(-c3cccc([N+](=O)[O-])c3)nc2c1Cl. The van der Waals surface area contributed by atoms with E-state index >= 15 is 0 Å².